The number of aryl methyl sites for hydroxylation is 1. The highest BCUT2D eigenvalue weighted by atomic mass is 79.9. The third-order valence-electron chi connectivity index (χ3n) is 7.63. The van der Waals surface area contributed by atoms with E-state index in [2.05, 4.69) is 41.2 Å². The first-order chi connectivity index (χ1) is 19.3. The molecule has 5 nitrogen and oxygen atoms in total. The predicted octanol–water partition coefficient (Wildman–Crippen LogP) is 7.35. The summed E-state index contributed by atoms with van der Waals surface area (Å²) in [6, 6.07) is 23.5. The summed E-state index contributed by atoms with van der Waals surface area (Å²) in [7, 11) is 0. The van der Waals surface area contributed by atoms with Crippen molar-refractivity contribution in [3.05, 3.63) is 99.5 Å². The second kappa shape index (κ2) is 14.5. The number of carbonyl (C=O) groups is 2. The van der Waals surface area contributed by atoms with Crippen LogP contribution in [0.3, 0.4) is 0 Å². The molecule has 3 aromatic rings. The molecule has 1 aliphatic rings. The summed E-state index contributed by atoms with van der Waals surface area (Å²) in [5, 5.41) is 3.29. The smallest absolute Gasteiger partial charge is 0.261 e. The highest BCUT2D eigenvalue weighted by molar-refractivity contribution is 9.10. The van der Waals surface area contributed by atoms with Crippen LogP contribution >= 0.6 is 15.9 Å². The maximum atomic E-state index is 13.9. The van der Waals surface area contributed by atoms with Crippen molar-refractivity contribution in [3.8, 4) is 5.75 Å². The molecule has 1 saturated carbocycles. The SMILES string of the molecule is Cc1cccc(CN(C(=O)COc2ccc(C(C)C)cc2Br)[C@@H](Cc2ccccc2)C(=O)NC2CCCCC2)c1. The van der Waals surface area contributed by atoms with Crippen molar-refractivity contribution in [2.75, 3.05) is 6.61 Å². The Hall–Kier alpha value is -3.12. The number of rotatable bonds is 11. The number of amides is 2. The second-order valence-corrected chi connectivity index (χ2v) is 12.0. The molecule has 3 aromatic carbocycles. The Balaban J connectivity index is 1.61. The second-order valence-electron chi connectivity index (χ2n) is 11.2. The van der Waals surface area contributed by atoms with E-state index in [9.17, 15) is 9.59 Å². The zero-order valence-corrected chi connectivity index (χ0v) is 25.5. The standard InChI is InChI=1S/C34H41BrN2O3/c1-24(2)28-17-18-32(30(35)21-28)40-23-33(38)37(22-27-14-10-11-25(3)19-27)31(20-26-12-6-4-7-13-26)34(39)36-29-15-8-5-9-16-29/h4,6-7,10-14,17-19,21,24,29,31H,5,8-9,15-16,20,22-23H2,1-3H3,(H,36,39)/t31-/m0/s1. The van der Waals surface area contributed by atoms with Gasteiger partial charge in [-0.05, 0) is 70.4 Å². The van der Waals surface area contributed by atoms with E-state index in [0.29, 0.717) is 24.6 Å². The van der Waals surface area contributed by atoms with Crippen molar-refractivity contribution in [2.24, 2.45) is 0 Å². The Morgan fingerprint density at radius 3 is 2.35 bits per heavy atom. The van der Waals surface area contributed by atoms with Gasteiger partial charge in [0, 0.05) is 19.0 Å². The van der Waals surface area contributed by atoms with Crippen LogP contribution < -0.4 is 10.1 Å². The minimum absolute atomic E-state index is 0.0979. The van der Waals surface area contributed by atoms with Gasteiger partial charge in [0.15, 0.2) is 6.61 Å². The Bertz CT molecular complexity index is 1270. The van der Waals surface area contributed by atoms with Crippen LogP contribution in [0.5, 0.6) is 5.75 Å². The predicted molar refractivity (Wildman–Crippen MR) is 164 cm³/mol. The van der Waals surface area contributed by atoms with Crippen molar-refractivity contribution < 1.29 is 14.3 Å². The normalized spacial score (nSPS) is 14.5. The largest absolute Gasteiger partial charge is 0.483 e. The zero-order chi connectivity index (χ0) is 28.5. The van der Waals surface area contributed by atoms with Gasteiger partial charge in [0.05, 0.1) is 4.47 Å². The number of nitrogens with one attached hydrogen (secondary N) is 1. The van der Waals surface area contributed by atoms with Gasteiger partial charge in [-0.15, -0.1) is 0 Å². The monoisotopic (exact) mass is 604 g/mol. The van der Waals surface area contributed by atoms with E-state index in [1.807, 2.05) is 73.7 Å². The van der Waals surface area contributed by atoms with Crippen LogP contribution in [0.25, 0.3) is 0 Å². The van der Waals surface area contributed by atoms with Crippen LogP contribution in [-0.2, 0) is 22.6 Å². The average Bonchev–Trinajstić information content (AvgIpc) is 2.95. The molecule has 0 heterocycles. The molecule has 0 radical (unpaired) electrons. The maximum Gasteiger partial charge on any atom is 0.261 e. The van der Waals surface area contributed by atoms with Crippen LogP contribution in [0.2, 0.25) is 0 Å². The lowest BCUT2D eigenvalue weighted by Crippen LogP contribution is -2.53. The molecule has 40 heavy (non-hydrogen) atoms. The molecule has 4 rings (SSSR count). The zero-order valence-electron chi connectivity index (χ0n) is 23.9. The molecule has 0 bridgehead atoms. The van der Waals surface area contributed by atoms with Crippen LogP contribution in [0.15, 0.2) is 77.3 Å². The number of benzene rings is 3. The lowest BCUT2D eigenvalue weighted by atomic mass is 9.94. The number of carbonyl (C=O) groups excluding carboxylic acids is 2. The van der Waals surface area contributed by atoms with Crippen molar-refractivity contribution in [1.29, 1.82) is 0 Å². The Kier molecular flexibility index (Phi) is 10.8. The van der Waals surface area contributed by atoms with Crippen molar-refractivity contribution in [2.45, 2.75) is 83.8 Å². The molecule has 2 amide bonds. The maximum absolute atomic E-state index is 13.9. The summed E-state index contributed by atoms with van der Waals surface area (Å²) in [5.41, 5.74) is 4.30. The van der Waals surface area contributed by atoms with E-state index in [0.717, 1.165) is 46.8 Å². The molecule has 1 aliphatic carbocycles. The quantitative estimate of drug-likeness (QED) is 0.249. The molecule has 1 N–H and O–H groups in total. The van der Waals surface area contributed by atoms with Crippen LogP contribution in [0.1, 0.15) is 74.1 Å². The number of hydrogen-bond donors (Lipinski definition) is 1. The summed E-state index contributed by atoms with van der Waals surface area (Å²) in [5.74, 6) is 0.679. The van der Waals surface area contributed by atoms with Gasteiger partial charge in [-0.1, -0.05) is 99.3 Å². The topological polar surface area (TPSA) is 58.6 Å². The molecular weight excluding hydrogens is 564 g/mol. The summed E-state index contributed by atoms with van der Waals surface area (Å²) < 4.78 is 6.85. The Morgan fingerprint density at radius 2 is 1.68 bits per heavy atom. The Morgan fingerprint density at radius 1 is 0.950 bits per heavy atom. The highest BCUT2D eigenvalue weighted by Crippen LogP contribution is 2.29. The van der Waals surface area contributed by atoms with Crippen LogP contribution in [0, 0.1) is 6.92 Å². The molecule has 0 aliphatic heterocycles. The number of ether oxygens (including phenoxy) is 1. The van der Waals surface area contributed by atoms with E-state index >= 15 is 0 Å². The molecule has 1 fully saturated rings. The summed E-state index contributed by atoms with van der Waals surface area (Å²) >= 11 is 3.60. The first-order valence-corrected chi connectivity index (χ1v) is 15.2. The van der Waals surface area contributed by atoms with Crippen LogP contribution in [0.4, 0.5) is 0 Å². The summed E-state index contributed by atoms with van der Waals surface area (Å²) in [6.45, 7) is 6.48. The van der Waals surface area contributed by atoms with Crippen LogP contribution in [-0.4, -0.2) is 35.4 Å². The molecular formula is C34H41BrN2O3. The van der Waals surface area contributed by atoms with Gasteiger partial charge in [0.1, 0.15) is 11.8 Å². The van der Waals surface area contributed by atoms with E-state index in [4.69, 9.17) is 4.74 Å². The van der Waals surface area contributed by atoms with E-state index in [1.54, 1.807) is 4.90 Å². The van der Waals surface area contributed by atoms with Gasteiger partial charge in [-0.2, -0.15) is 0 Å². The average molecular weight is 606 g/mol. The lowest BCUT2D eigenvalue weighted by molar-refractivity contribution is -0.143. The van der Waals surface area contributed by atoms with Gasteiger partial charge >= 0.3 is 0 Å². The third-order valence-corrected chi connectivity index (χ3v) is 8.25. The molecule has 6 heteroatoms. The molecule has 212 valence electrons. The van der Waals surface area contributed by atoms with E-state index in [1.165, 1.54) is 12.0 Å². The fourth-order valence-corrected chi connectivity index (χ4v) is 5.83. The first-order valence-electron chi connectivity index (χ1n) is 14.4. The summed E-state index contributed by atoms with van der Waals surface area (Å²) in [6.07, 6.45) is 5.86. The minimum Gasteiger partial charge on any atom is -0.483 e. The molecule has 0 saturated heterocycles. The number of hydrogen-bond acceptors (Lipinski definition) is 3. The third kappa shape index (κ3) is 8.44. The van der Waals surface area contributed by atoms with E-state index in [-0.39, 0.29) is 24.5 Å². The Labute approximate surface area is 247 Å². The van der Waals surface area contributed by atoms with Gasteiger partial charge in [-0.25, -0.2) is 0 Å². The molecule has 0 unspecified atom stereocenters. The summed E-state index contributed by atoms with van der Waals surface area (Å²) in [4.78, 5) is 29.5. The number of nitrogens with zero attached hydrogens (tertiary/aromatic N) is 1. The van der Waals surface area contributed by atoms with Gasteiger partial charge in [0.2, 0.25) is 5.91 Å². The molecule has 1 atom stereocenters. The number of halogens is 1. The highest BCUT2D eigenvalue weighted by Gasteiger charge is 2.32. The van der Waals surface area contributed by atoms with E-state index < -0.39 is 6.04 Å². The fourth-order valence-electron chi connectivity index (χ4n) is 5.32. The van der Waals surface area contributed by atoms with Gasteiger partial charge in [-0.3, -0.25) is 9.59 Å². The lowest BCUT2D eigenvalue weighted by Gasteiger charge is -2.33. The molecule has 0 spiro atoms. The van der Waals surface area contributed by atoms with Crippen molar-refractivity contribution >= 4 is 27.7 Å². The minimum atomic E-state index is -0.660. The first kappa shape index (κ1) is 29.9. The van der Waals surface area contributed by atoms with Gasteiger partial charge in [0.25, 0.3) is 5.91 Å². The molecule has 0 aromatic heterocycles. The van der Waals surface area contributed by atoms with Gasteiger partial charge < -0.3 is 15.0 Å². The van der Waals surface area contributed by atoms with Crippen molar-refractivity contribution in [3.63, 3.8) is 0 Å². The fraction of sp³-hybridized carbons (Fsp3) is 0.412. The van der Waals surface area contributed by atoms with Crippen molar-refractivity contribution in [1.82, 2.24) is 10.2 Å².